The first-order chi connectivity index (χ1) is 7.83. The fourth-order valence-electron chi connectivity index (χ4n) is 2.85. The van der Waals surface area contributed by atoms with E-state index in [0.29, 0.717) is 0 Å². The number of imidazole rings is 1. The number of nitrogens with zero attached hydrogens (tertiary/aromatic N) is 2. The molecule has 2 aliphatic rings. The maximum Gasteiger partial charge on any atom is 0.109 e. The van der Waals surface area contributed by atoms with Crippen molar-refractivity contribution in [2.45, 2.75) is 50.8 Å². The molecule has 1 aromatic heterocycles. The zero-order valence-corrected chi connectivity index (χ0v) is 10.8. The first-order valence-electron chi connectivity index (χ1n) is 6.48. The van der Waals surface area contributed by atoms with Crippen LogP contribution >= 0.6 is 11.8 Å². The van der Waals surface area contributed by atoms with E-state index in [1.807, 2.05) is 0 Å². The molecule has 1 fully saturated rings. The fourth-order valence-corrected chi connectivity index (χ4v) is 4.11. The Balaban J connectivity index is 1.77. The molecule has 2 nitrogen and oxygen atoms in total. The molecule has 2 unspecified atom stereocenters. The number of thioether (sulfide) groups is 1. The normalized spacial score (nSPS) is 29.3. The standard InChI is InChI=1S/C13H20N2S/c1-10-4-5-11-8-14-13(15(11)9-10)7-12-3-2-6-16-12/h8,10,12H,2-7,9H2,1H3. The summed E-state index contributed by atoms with van der Waals surface area (Å²) in [5.74, 6) is 3.53. The molecule has 0 amide bonds. The van der Waals surface area contributed by atoms with Gasteiger partial charge in [-0.2, -0.15) is 11.8 Å². The smallest absolute Gasteiger partial charge is 0.109 e. The maximum absolute atomic E-state index is 4.65. The second-order valence-corrected chi connectivity index (χ2v) is 6.67. The Hall–Kier alpha value is -0.440. The number of hydrogen-bond donors (Lipinski definition) is 0. The molecule has 0 saturated carbocycles. The number of aromatic nitrogens is 2. The third-order valence-corrected chi connectivity index (χ3v) is 5.24. The van der Waals surface area contributed by atoms with Crippen molar-refractivity contribution in [3.05, 3.63) is 17.7 Å². The molecule has 3 heteroatoms. The number of rotatable bonds is 2. The Labute approximate surface area is 102 Å². The highest BCUT2D eigenvalue weighted by atomic mass is 32.2. The summed E-state index contributed by atoms with van der Waals surface area (Å²) in [5.41, 5.74) is 1.47. The Morgan fingerprint density at radius 3 is 3.25 bits per heavy atom. The van der Waals surface area contributed by atoms with E-state index in [1.165, 1.54) is 55.9 Å². The van der Waals surface area contributed by atoms with Gasteiger partial charge >= 0.3 is 0 Å². The summed E-state index contributed by atoms with van der Waals surface area (Å²) in [6.45, 7) is 3.55. The molecule has 0 aromatic carbocycles. The zero-order valence-electron chi connectivity index (χ0n) is 9.98. The van der Waals surface area contributed by atoms with E-state index in [2.05, 4.69) is 34.4 Å². The summed E-state index contributed by atoms with van der Waals surface area (Å²) in [7, 11) is 0. The highest BCUT2D eigenvalue weighted by Crippen LogP contribution is 2.30. The molecule has 0 bridgehead atoms. The van der Waals surface area contributed by atoms with Crippen molar-refractivity contribution < 1.29 is 0 Å². The molecular weight excluding hydrogens is 216 g/mol. The van der Waals surface area contributed by atoms with Gasteiger partial charge in [0.1, 0.15) is 5.82 Å². The van der Waals surface area contributed by atoms with Gasteiger partial charge in [0.25, 0.3) is 0 Å². The van der Waals surface area contributed by atoms with Crippen LogP contribution in [0, 0.1) is 5.92 Å². The Morgan fingerprint density at radius 1 is 1.50 bits per heavy atom. The minimum atomic E-state index is 0.830. The molecule has 3 rings (SSSR count). The van der Waals surface area contributed by atoms with Crippen LogP contribution in [0.3, 0.4) is 0 Å². The molecule has 16 heavy (non-hydrogen) atoms. The van der Waals surface area contributed by atoms with Crippen molar-refractivity contribution >= 4 is 11.8 Å². The number of fused-ring (bicyclic) bond motifs is 1. The van der Waals surface area contributed by atoms with Crippen LogP contribution in [-0.2, 0) is 19.4 Å². The third kappa shape index (κ3) is 2.02. The van der Waals surface area contributed by atoms with Crippen molar-refractivity contribution in [3.8, 4) is 0 Å². The van der Waals surface area contributed by atoms with Gasteiger partial charge in [-0.15, -0.1) is 0 Å². The van der Waals surface area contributed by atoms with Crippen LogP contribution in [-0.4, -0.2) is 20.6 Å². The third-order valence-electron chi connectivity index (χ3n) is 3.84. The summed E-state index contributed by atoms with van der Waals surface area (Å²) in [5, 5.41) is 0.837. The lowest BCUT2D eigenvalue weighted by atomic mass is 10.0. The summed E-state index contributed by atoms with van der Waals surface area (Å²) in [4.78, 5) is 4.65. The van der Waals surface area contributed by atoms with Gasteiger partial charge < -0.3 is 4.57 Å². The van der Waals surface area contributed by atoms with Gasteiger partial charge in [0.15, 0.2) is 0 Å². The average Bonchev–Trinajstić information content (AvgIpc) is 2.90. The van der Waals surface area contributed by atoms with E-state index in [-0.39, 0.29) is 0 Å². The highest BCUT2D eigenvalue weighted by Gasteiger charge is 2.22. The molecular formula is C13H20N2S. The van der Waals surface area contributed by atoms with Crippen LogP contribution < -0.4 is 0 Å². The second-order valence-electron chi connectivity index (χ2n) is 5.26. The summed E-state index contributed by atoms with van der Waals surface area (Å²) >= 11 is 2.14. The molecule has 0 N–H and O–H groups in total. The SMILES string of the molecule is CC1CCc2cnc(CC3CCCS3)n2C1. The summed E-state index contributed by atoms with van der Waals surface area (Å²) in [6, 6.07) is 0. The average molecular weight is 236 g/mol. The first kappa shape index (κ1) is 10.7. The van der Waals surface area contributed by atoms with Gasteiger partial charge in [-0.3, -0.25) is 0 Å². The molecule has 2 aliphatic heterocycles. The van der Waals surface area contributed by atoms with E-state index >= 15 is 0 Å². The lowest BCUT2D eigenvalue weighted by Gasteiger charge is -2.23. The molecule has 0 spiro atoms. The van der Waals surface area contributed by atoms with E-state index in [1.54, 1.807) is 0 Å². The topological polar surface area (TPSA) is 17.8 Å². The lowest BCUT2D eigenvalue weighted by Crippen LogP contribution is -2.20. The van der Waals surface area contributed by atoms with E-state index in [0.717, 1.165) is 11.2 Å². The summed E-state index contributed by atoms with van der Waals surface area (Å²) < 4.78 is 2.49. The van der Waals surface area contributed by atoms with Crippen LogP contribution in [0.1, 0.15) is 37.7 Å². The van der Waals surface area contributed by atoms with Crippen LogP contribution in [0.25, 0.3) is 0 Å². The number of hydrogen-bond acceptors (Lipinski definition) is 2. The van der Waals surface area contributed by atoms with Crippen molar-refractivity contribution in [1.29, 1.82) is 0 Å². The minimum Gasteiger partial charge on any atom is -0.332 e. The number of aryl methyl sites for hydroxylation is 1. The minimum absolute atomic E-state index is 0.830. The summed E-state index contributed by atoms with van der Waals surface area (Å²) in [6.07, 6.45) is 8.66. The molecule has 3 heterocycles. The Kier molecular flexibility index (Phi) is 2.97. The molecule has 1 saturated heterocycles. The van der Waals surface area contributed by atoms with Gasteiger partial charge in [0.05, 0.1) is 0 Å². The maximum atomic E-state index is 4.65. The van der Waals surface area contributed by atoms with Crippen molar-refractivity contribution in [2.75, 3.05) is 5.75 Å². The highest BCUT2D eigenvalue weighted by molar-refractivity contribution is 8.00. The Bertz CT molecular complexity index is 366. The quantitative estimate of drug-likeness (QED) is 0.786. The predicted molar refractivity (Wildman–Crippen MR) is 68.9 cm³/mol. The molecule has 2 atom stereocenters. The molecule has 88 valence electrons. The monoisotopic (exact) mass is 236 g/mol. The van der Waals surface area contributed by atoms with Crippen molar-refractivity contribution in [2.24, 2.45) is 5.92 Å². The van der Waals surface area contributed by atoms with Crippen LogP contribution in [0.15, 0.2) is 6.20 Å². The van der Waals surface area contributed by atoms with E-state index in [4.69, 9.17) is 0 Å². The van der Waals surface area contributed by atoms with Gasteiger partial charge in [-0.1, -0.05) is 6.92 Å². The predicted octanol–water partition coefficient (Wildman–Crippen LogP) is 2.90. The zero-order chi connectivity index (χ0) is 11.0. The van der Waals surface area contributed by atoms with E-state index in [9.17, 15) is 0 Å². The molecule has 1 aromatic rings. The van der Waals surface area contributed by atoms with Gasteiger partial charge in [-0.05, 0) is 37.4 Å². The van der Waals surface area contributed by atoms with Gasteiger partial charge in [0, 0.05) is 30.1 Å². The van der Waals surface area contributed by atoms with Crippen LogP contribution in [0.4, 0.5) is 0 Å². The lowest BCUT2D eigenvalue weighted by molar-refractivity contribution is 0.390. The van der Waals surface area contributed by atoms with Crippen molar-refractivity contribution in [3.63, 3.8) is 0 Å². The first-order valence-corrected chi connectivity index (χ1v) is 7.52. The van der Waals surface area contributed by atoms with E-state index < -0.39 is 0 Å². The fraction of sp³-hybridized carbons (Fsp3) is 0.769. The van der Waals surface area contributed by atoms with Crippen LogP contribution in [0.2, 0.25) is 0 Å². The molecule has 0 radical (unpaired) electrons. The van der Waals surface area contributed by atoms with Crippen molar-refractivity contribution in [1.82, 2.24) is 9.55 Å². The van der Waals surface area contributed by atoms with Gasteiger partial charge in [0.2, 0.25) is 0 Å². The Morgan fingerprint density at radius 2 is 2.44 bits per heavy atom. The second kappa shape index (κ2) is 4.44. The largest absolute Gasteiger partial charge is 0.332 e. The van der Waals surface area contributed by atoms with Gasteiger partial charge in [-0.25, -0.2) is 4.98 Å². The van der Waals surface area contributed by atoms with Crippen LogP contribution in [0.5, 0.6) is 0 Å². The molecule has 0 aliphatic carbocycles.